The molecule has 0 radical (unpaired) electrons. The minimum absolute atomic E-state index is 0.403. The Morgan fingerprint density at radius 1 is 0.857 bits per heavy atom. The summed E-state index contributed by atoms with van der Waals surface area (Å²) in [7, 11) is 1.38. The molecule has 0 fully saturated rings. The van der Waals surface area contributed by atoms with Gasteiger partial charge in [-0.3, -0.25) is 0 Å². The van der Waals surface area contributed by atoms with Gasteiger partial charge in [0.15, 0.2) is 23.3 Å². The van der Waals surface area contributed by atoms with E-state index in [1.54, 1.807) is 31.2 Å². The summed E-state index contributed by atoms with van der Waals surface area (Å²) in [4.78, 5) is 0. The standard InChI is InChI=1S/C15H12F5N/c1-7-4-3-5-8(6-7)15(21-2)9-10(16)12(18)14(20)13(19)11(9)17/h3-6,15,21H,1-2H3. The van der Waals surface area contributed by atoms with Crippen molar-refractivity contribution in [1.29, 1.82) is 0 Å². The maximum absolute atomic E-state index is 13.9. The van der Waals surface area contributed by atoms with Gasteiger partial charge in [-0.15, -0.1) is 0 Å². The van der Waals surface area contributed by atoms with Gasteiger partial charge < -0.3 is 5.32 Å². The number of rotatable bonds is 3. The normalized spacial score (nSPS) is 12.5. The molecular weight excluding hydrogens is 289 g/mol. The summed E-state index contributed by atoms with van der Waals surface area (Å²) in [6, 6.07) is 5.41. The molecule has 1 N–H and O–H groups in total. The third-order valence-electron chi connectivity index (χ3n) is 3.20. The molecule has 0 saturated carbocycles. The van der Waals surface area contributed by atoms with Gasteiger partial charge in [0.25, 0.3) is 0 Å². The van der Waals surface area contributed by atoms with E-state index in [0.29, 0.717) is 5.56 Å². The summed E-state index contributed by atoms with van der Waals surface area (Å²) < 4.78 is 67.4. The van der Waals surface area contributed by atoms with Crippen LogP contribution in [0.3, 0.4) is 0 Å². The van der Waals surface area contributed by atoms with Gasteiger partial charge in [0, 0.05) is 0 Å². The molecule has 2 aromatic rings. The van der Waals surface area contributed by atoms with E-state index in [1.807, 2.05) is 0 Å². The Balaban J connectivity index is 2.69. The highest BCUT2D eigenvalue weighted by Crippen LogP contribution is 2.31. The SMILES string of the molecule is CNC(c1cccc(C)c1)c1c(F)c(F)c(F)c(F)c1F. The highest BCUT2D eigenvalue weighted by atomic mass is 19.2. The van der Waals surface area contributed by atoms with Crippen LogP contribution in [0.15, 0.2) is 24.3 Å². The average molecular weight is 301 g/mol. The molecule has 0 heterocycles. The minimum atomic E-state index is -2.16. The van der Waals surface area contributed by atoms with Gasteiger partial charge in [-0.1, -0.05) is 29.8 Å². The number of halogens is 5. The van der Waals surface area contributed by atoms with Crippen LogP contribution in [0.1, 0.15) is 22.7 Å². The molecule has 0 aliphatic carbocycles. The molecule has 0 amide bonds. The van der Waals surface area contributed by atoms with Crippen LogP contribution in [-0.2, 0) is 0 Å². The quantitative estimate of drug-likeness (QED) is 0.513. The van der Waals surface area contributed by atoms with E-state index in [4.69, 9.17) is 0 Å². The predicted molar refractivity (Wildman–Crippen MR) is 68.3 cm³/mol. The Labute approximate surface area is 118 Å². The molecular formula is C15H12F5N. The van der Waals surface area contributed by atoms with E-state index in [1.165, 1.54) is 7.05 Å². The van der Waals surface area contributed by atoms with Crippen molar-refractivity contribution < 1.29 is 22.0 Å². The van der Waals surface area contributed by atoms with Crippen molar-refractivity contribution in [2.24, 2.45) is 0 Å². The molecule has 0 aliphatic rings. The monoisotopic (exact) mass is 301 g/mol. The van der Waals surface area contributed by atoms with Crippen LogP contribution in [0.4, 0.5) is 22.0 Å². The first-order chi connectivity index (χ1) is 9.88. The summed E-state index contributed by atoms with van der Waals surface area (Å²) >= 11 is 0. The molecule has 0 spiro atoms. The van der Waals surface area contributed by atoms with Crippen LogP contribution in [0.25, 0.3) is 0 Å². The van der Waals surface area contributed by atoms with Gasteiger partial charge in [-0.05, 0) is 19.5 Å². The van der Waals surface area contributed by atoms with Crippen LogP contribution in [0.5, 0.6) is 0 Å². The number of hydrogen-bond donors (Lipinski definition) is 1. The molecule has 0 aliphatic heterocycles. The summed E-state index contributed by atoms with van der Waals surface area (Å²) in [6.07, 6.45) is 0. The molecule has 6 heteroatoms. The van der Waals surface area contributed by atoms with Crippen LogP contribution in [0, 0.1) is 36.0 Å². The fourth-order valence-electron chi connectivity index (χ4n) is 2.20. The molecule has 0 saturated heterocycles. The van der Waals surface area contributed by atoms with Gasteiger partial charge in [-0.25, -0.2) is 22.0 Å². The first-order valence-electron chi connectivity index (χ1n) is 6.13. The second kappa shape index (κ2) is 5.81. The van der Waals surface area contributed by atoms with Crippen molar-refractivity contribution in [1.82, 2.24) is 5.32 Å². The summed E-state index contributed by atoms with van der Waals surface area (Å²) in [6.45, 7) is 1.76. The second-order valence-electron chi connectivity index (χ2n) is 4.62. The minimum Gasteiger partial charge on any atom is -0.309 e. The first kappa shape index (κ1) is 15.4. The van der Waals surface area contributed by atoms with Crippen molar-refractivity contribution in [3.05, 3.63) is 70.0 Å². The Morgan fingerprint density at radius 3 is 1.86 bits per heavy atom. The Kier molecular flexibility index (Phi) is 4.27. The topological polar surface area (TPSA) is 12.0 Å². The zero-order valence-corrected chi connectivity index (χ0v) is 11.3. The smallest absolute Gasteiger partial charge is 0.200 e. The summed E-state index contributed by atoms with van der Waals surface area (Å²) in [5.74, 6) is -9.71. The zero-order chi connectivity index (χ0) is 15.7. The lowest BCUT2D eigenvalue weighted by Crippen LogP contribution is -2.22. The van der Waals surface area contributed by atoms with E-state index < -0.39 is 40.7 Å². The fraction of sp³-hybridized carbons (Fsp3) is 0.200. The summed E-state index contributed by atoms with van der Waals surface area (Å²) in [5, 5.41) is 2.58. The second-order valence-corrected chi connectivity index (χ2v) is 4.62. The average Bonchev–Trinajstić information content (AvgIpc) is 2.47. The van der Waals surface area contributed by atoms with Gasteiger partial charge in [0.2, 0.25) is 5.82 Å². The molecule has 112 valence electrons. The van der Waals surface area contributed by atoms with Crippen molar-refractivity contribution >= 4 is 0 Å². The maximum Gasteiger partial charge on any atom is 0.200 e. The lowest BCUT2D eigenvalue weighted by atomic mass is 9.96. The molecule has 2 rings (SSSR count). The van der Waals surface area contributed by atoms with Gasteiger partial charge in [0.1, 0.15) is 0 Å². The van der Waals surface area contributed by atoms with Crippen molar-refractivity contribution in [2.45, 2.75) is 13.0 Å². The highest BCUT2D eigenvalue weighted by molar-refractivity contribution is 5.36. The maximum atomic E-state index is 13.9. The molecule has 0 bridgehead atoms. The van der Waals surface area contributed by atoms with Crippen LogP contribution in [-0.4, -0.2) is 7.05 Å². The first-order valence-corrected chi connectivity index (χ1v) is 6.13. The predicted octanol–water partition coefficient (Wildman–Crippen LogP) is 4.00. The van der Waals surface area contributed by atoms with Gasteiger partial charge in [-0.2, -0.15) is 0 Å². The molecule has 1 atom stereocenters. The van der Waals surface area contributed by atoms with E-state index in [-0.39, 0.29) is 0 Å². The third-order valence-corrected chi connectivity index (χ3v) is 3.20. The lowest BCUT2D eigenvalue weighted by Gasteiger charge is -2.20. The fourth-order valence-corrected chi connectivity index (χ4v) is 2.20. The number of aryl methyl sites for hydroxylation is 1. The van der Waals surface area contributed by atoms with Gasteiger partial charge in [0.05, 0.1) is 11.6 Å². The number of benzene rings is 2. The van der Waals surface area contributed by atoms with E-state index in [2.05, 4.69) is 5.32 Å². The van der Waals surface area contributed by atoms with Crippen molar-refractivity contribution in [3.63, 3.8) is 0 Å². The van der Waals surface area contributed by atoms with Crippen LogP contribution >= 0.6 is 0 Å². The summed E-state index contributed by atoms with van der Waals surface area (Å²) in [5.41, 5.74) is 0.317. The van der Waals surface area contributed by atoms with Crippen molar-refractivity contribution in [3.8, 4) is 0 Å². The molecule has 1 unspecified atom stereocenters. The van der Waals surface area contributed by atoms with Crippen LogP contribution < -0.4 is 5.32 Å². The lowest BCUT2D eigenvalue weighted by molar-refractivity contribution is 0.364. The van der Waals surface area contributed by atoms with E-state index in [0.717, 1.165) is 5.56 Å². The Hall–Kier alpha value is -1.95. The van der Waals surface area contributed by atoms with Crippen LogP contribution in [0.2, 0.25) is 0 Å². The third kappa shape index (κ3) is 2.63. The zero-order valence-electron chi connectivity index (χ0n) is 11.3. The largest absolute Gasteiger partial charge is 0.309 e. The highest BCUT2D eigenvalue weighted by Gasteiger charge is 2.30. The van der Waals surface area contributed by atoms with Gasteiger partial charge >= 0.3 is 0 Å². The molecule has 0 aromatic heterocycles. The Morgan fingerprint density at radius 2 is 1.38 bits per heavy atom. The van der Waals surface area contributed by atoms with Crippen molar-refractivity contribution in [2.75, 3.05) is 7.05 Å². The van der Waals surface area contributed by atoms with E-state index >= 15 is 0 Å². The molecule has 21 heavy (non-hydrogen) atoms. The molecule has 1 nitrogen and oxygen atoms in total. The number of hydrogen-bond acceptors (Lipinski definition) is 1. The molecule has 2 aromatic carbocycles. The number of nitrogens with one attached hydrogen (secondary N) is 1. The Bertz CT molecular complexity index is 655. The van der Waals surface area contributed by atoms with E-state index in [9.17, 15) is 22.0 Å².